The highest BCUT2D eigenvalue weighted by Gasteiger charge is 2.35. The van der Waals surface area contributed by atoms with Gasteiger partial charge in [-0.3, -0.25) is 9.69 Å². The molecular formula is C13H17BrF3N3O2. The molecule has 2 aliphatic heterocycles. The van der Waals surface area contributed by atoms with E-state index >= 15 is 0 Å². The zero-order chi connectivity index (χ0) is 15.0. The van der Waals surface area contributed by atoms with E-state index in [0.717, 1.165) is 25.8 Å². The van der Waals surface area contributed by atoms with E-state index in [-0.39, 0.29) is 28.6 Å². The Hall–Kier alpha value is -0.900. The van der Waals surface area contributed by atoms with Crippen LogP contribution in [-0.4, -0.2) is 48.7 Å². The van der Waals surface area contributed by atoms with Gasteiger partial charge in [0.15, 0.2) is 5.43 Å². The zero-order valence-corrected chi connectivity index (χ0v) is 13.4. The number of rotatable bonds is 1. The predicted molar refractivity (Wildman–Crippen MR) is 79.3 cm³/mol. The molecule has 0 unspecified atom stereocenters. The lowest BCUT2D eigenvalue weighted by Gasteiger charge is -2.42. The lowest BCUT2D eigenvalue weighted by Crippen LogP contribution is -2.57. The largest absolute Gasteiger partial charge is 0.431 e. The lowest BCUT2D eigenvalue weighted by molar-refractivity contribution is -0.141. The third kappa shape index (κ3) is 3.53. The Morgan fingerprint density at radius 1 is 1.36 bits per heavy atom. The summed E-state index contributed by atoms with van der Waals surface area (Å²) >= 11 is 0. The maximum Gasteiger partial charge on any atom is 0.431 e. The van der Waals surface area contributed by atoms with Crippen LogP contribution in [0.15, 0.2) is 17.1 Å². The quantitative estimate of drug-likeness (QED) is 0.767. The van der Waals surface area contributed by atoms with Gasteiger partial charge in [0.2, 0.25) is 0 Å². The van der Waals surface area contributed by atoms with Crippen LogP contribution in [-0.2, 0) is 10.9 Å². The van der Waals surface area contributed by atoms with Crippen LogP contribution >= 0.6 is 17.0 Å². The molecule has 2 atom stereocenters. The molecule has 0 amide bonds. The Labute approximate surface area is 135 Å². The molecule has 0 saturated carbocycles. The van der Waals surface area contributed by atoms with E-state index in [4.69, 9.17) is 4.74 Å². The molecule has 5 nitrogen and oxygen atoms in total. The minimum atomic E-state index is -4.55. The van der Waals surface area contributed by atoms with Gasteiger partial charge in [-0.25, -0.2) is 0 Å². The Bertz CT molecular complexity index is 578. The fourth-order valence-electron chi connectivity index (χ4n) is 2.79. The van der Waals surface area contributed by atoms with Crippen LogP contribution in [0, 0.1) is 0 Å². The Morgan fingerprint density at radius 3 is 2.82 bits per heavy atom. The molecule has 0 spiro atoms. The second kappa shape index (κ2) is 6.69. The molecule has 2 aliphatic rings. The number of piperazine rings is 1. The van der Waals surface area contributed by atoms with Gasteiger partial charge in [0, 0.05) is 50.0 Å². The lowest BCUT2D eigenvalue weighted by atomic mass is 10.1. The second-order valence-electron chi connectivity index (χ2n) is 5.34. The van der Waals surface area contributed by atoms with Crippen molar-refractivity contribution in [3.8, 4) is 0 Å². The first-order valence-electron chi connectivity index (χ1n) is 6.81. The fraction of sp³-hybridized carbons (Fsp3) is 0.615. The third-order valence-electron chi connectivity index (χ3n) is 3.96. The number of ether oxygens (including phenoxy) is 1. The van der Waals surface area contributed by atoms with Crippen molar-refractivity contribution in [1.29, 1.82) is 0 Å². The Balaban J connectivity index is 0.00000176. The number of nitrogens with zero attached hydrogens (tertiary/aromatic N) is 1. The first-order valence-corrected chi connectivity index (χ1v) is 6.81. The van der Waals surface area contributed by atoms with E-state index in [9.17, 15) is 18.0 Å². The molecule has 22 heavy (non-hydrogen) atoms. The first kappa shape index (κ1) is 17.5. The molecule has 0 radical (unpaired) electrons. The van der Waals surface area contributed by atoms with Crippen molar-refractivity contribution >= 4 is 17.0 Å². The Kier molecular flexibility index (Phi) is 5.31. The summed E-state index contributed by atoms with van der Waals surface area (Å²) < 4.78 is 43.3. The molecule has 2 fully saturated rings. The van der Waals surface area contributed by atoms with Crippen molar-refractivity contribution in [2.75, 3.05) is 32.8 Å². The number of hydrogen-bond acceptors (Lipinski definition) is 4. The molecule has 0 bridgehead atoms. The van der Waals surface area contributed by atoms with Gasteiger partial charge in [-0.15, -0.1) is 17.0 Å². The summed E-state index contributed by atoms with van der Waals surface area (Å²) in [5.41, 5.74) is -1.42. The normalized spacial score (nSPS) is 26.1. The minimum Gasteiger partial charge on any atom is -0.370 e. The van der Waals surface area contributed by atoms with Gasteiger partial charge in [-0.2, -0.15) is 13.2 Å². The first-order chi connectivity index (χ1) is 9.95. The van der Waals surface area contributed by atoms with Crippen molar-refractivity contribution in [2.45, 2.75) is 18.3 Å². The highest BCUT2D eigenvalue weighted by atomic mass is 79.9. The number of morpholine rings is 1. The smallest absolute Gasteiger partial charge is 0.370 e. The number of H-pyrrole nitrogens is 1. The van der Waals surface area contributed by atoms with Crippen molar-refractivity contribution in [1.82, 2.24) is 15.2 Å². The van der Waals surface area contributed by atoms with Crippen molar-refractivity contribution in [2.24, 2.45) is 0 Å². The number of halogens is 4. The summed E-state index contributed by atoms with van der Waals surface area (Å²) in [6.07, 6.45) is -3.90. The molecule has 0 aliphatic carbocycles. The molecule has 9 heteroatoms. The van der Waals surface area contributed by atoms with E-state index in [2.05, 4.69) is 15.2 Å². The molecule has 2 N–H and O–H groups in total. The van der Waals surface area contributed by atoms with Gasteiger partial charge in [0.1, 0.15) is 11.8 Å². The highest BCUT2D eigenvalue weighted by molar-refractivity contribution is 8.93. The number of aromatic nitrogens is 1. The van der Waals surface area contributed by atoms with Gasteiger partial charge in [-0.1, -0.05) is 0 Å². The van der Waals surface area contributed by atoms with Crippen LogP contribution in [0.5, 0.6) is 0 Å². The van der Waals surface area contributed by atoms with Crippen LogP contribution in [0.3, 0.4) is 0 Å². The number of pyridine rings is 1. The number of fused-ring (bicyclic) bond motifs is 1. The molecular weight excluding hydrogens is 367 g/mol. The van der Waals surface area contributed by atoms with E-state index in [1.165, 1.54) is 0 Å². The van der Waals surface area contributed by atoms with E-state index in [0.29, 0.717) is 19.2 Å². The summed E-state index contributed by atoms with van der Waals surface area (Å²) in [5.74, 6) is 0. The number of alkyl halides is 3. The number of nitrogens with one attached hydrogen (secondary N) is 2. The number of hydrogen-bond donors (Lipinski definition) is 2. The Morgan fingerprint density at radius 2 is 2.14 bits per heavy atom. The van der Waals surface area contributed by atoms with Crippen molar-refractivity contribution < 1.29 is 17.9 Å². The second-order valence-corrected chi connectivity index (χ2v) is 5.34. The van der Waals surface area contributed by atoms with Crippen LogP contribution in [0.2, 0.25) is 0 Å². The molecule has 1 aromatic heterocycles. The summed E-state index contributed by atoms with van der Waals surface area (Å²) in [5, 5.41) is 3.26. The van der Waals surface area contributed by atoms with Crippen molar-refractivity contribution in [3.05, 3.63) is 33.7 Å². The zero-order valence-electron chi connectivity index (χ0n) is 11.7. The molecule has 0 aromatic carbocycles. The summed E-state index contributed by atoms with van der Waals surface area (Å²) in [7, 11) is 0. The van der Waals surface area contributed by atoms with Crippen LogP contribution < -0.4 is 10.7 Å². The average molecular weight is 384 g/mol. The van der Waals surface area contributed by atoms with Gasteiger partial charge < -0.3 is 15.0 Å². The van der Waals surface area contributed by atoms with Crippen LogP contribution in [0.1, 0.15) is 17.4 Å². The fourth-order valence-corrected chi connectivity index (χ4v) is 2.79. The van der Waals surface area contributed by atoms with Gasteiger partial charge >= 0.3 is 6.18 Å². The van der Waals surface area contributed by atoms with Gasteiger partial charge in [0.05, 0.1) is 6.61 Å². The molecule has 3 heterocycles. The predicted octanol–water partition coefficient (Wildman–Crippen LogP) is 1.32. The van der Waals surface area contributed by atoms with E-state index in [1.54, 1.807) is 0 Å². The van der Waals surface area contributed by atoms with E-state index < -0.39 is 23.4 Å². The van der Waals surface area contributed by atoms with Gasteiger partial charge in [-0.05, 0) is 0 Å². The summed E-state index contributed by atoms with van der Waals surface area (Å²) in [6, 6.07) is 0.867. The van der Waals surface area contributed by atoms with Crippen LogP contribution in [0.4, 0.5) is 13.2 Å². The summed E-state index contributed by atoms with van der Waals surface area (Å²) in [4.78, 5) is 16.3. The van der Waals surface area contributed by atoms with E-state index in [1.807, 2.05) is 0 Å². The summed E-state index contributed by atoms with van der Waals surface area (Å²) in [6.45, 7) is 3.55. The maximum atomic E-state index is 12.5. The van der Waals surface area contributed by atoms with Crippen LogP contribution in [0.25, 0.3) is 0 Å². The monoisotopic (exact) mass is 383 g/mol. The topological polar surface area (TPSA) is 57.4 Å². The third-order valence-corrected chi connectivity index (χ3v) is 3.96. The maximum absolute atomic E-state index is 12.5. The standard InChI is InChI=1S/C13H16F3N3O2.BrH/c14-13(15,16)12-3-10(20)9(5-18-12)11-6-19-2-1-17-4-8(19)7-21-11;/h3,5,8,11,17H,1-2,4,6-7H2,(H,18,20);1H/t8-,11-;/m0./s1. The molecule has 1 aromatic rings. The SMILES string of the molecule is Br.O=c1cc(C(F)(F)F)[nH]cc1[C@@H]1CN2CCNC[C@H]2CO1. The average Bonchev–Trinajstić information content (AvgIpc) is 2.45. The molecule has 2 saturated heterocycles. The van der Waals surface area contributed by atoms with Gasteiger partial charge in [0.25, 0.3) is 0 Å². The number of aromatic amines is 1. The molecule has 124 valence electrons. The highest BCUT2D eigenvalue weighted by Crippen LogP contribution is 2.28. The van der Waals surface area contributed by atoms with Crippen molar-refractivity contribution in [3.63, 3.8) is 0 Å². The minimum absolute atomic E-state index is 0. The molecule has 3 rings (SSSR count).